The van der Waals surface area contributed by atoms with Gasteiger partial charge in [0.05, 0.1) is 5.92 Å². The van der Waals surface area contributed by atoms with E-state index in [1.54, 1.807) is 0 Å². The van der Waals surface area contributed by atoms with Gasteiger partial charge in [0.2, 0.25) is 6.54 Å². The number of unbranched alkanes of at least 4 members (excludes halogenated alkanes) is 10. The van der Waals surface area contributed by atoms with Crippen LogP contribution in [0.2, 0.25) is 0 Å². The molecule has 0 saturated heterocycles. The van der Waals surface area contributed by atoms with Crippen LogP contribution in [0.4, 0.5) is 0 Å². The van der Waals surface area contributed by atoms with Gasteiger partial charge in [0, 0.05) is 4.92 Å². The zero-order valence-corrected chi connectivity index (χ0v) is 13.9. The molecule has 0 aromatic heterocycles. The van der Waals surface area contributed by atoms with Gasteiger partial charge < -0.3 is 0 Å². The molecule has 0 heterocycles. The van der Waals surface area contributed by atoms with Gasteiger partial charge in [0.1, 0.15) is 5.78 Å². The average molecular weight is 299 g/mol. The molecule has 21 heavy (non-hydrogen) atoms. The fraction of sp³-hybridized carbons (Fsp3) is 0.941. The summed E-state index contributed by atoms with van der Waals surface area (Å²) in [5.41, 5.74) is 0. The van der Waals surface area contributed by atoms with E-state index in [4.69, 9.17) is 0 Å². The van der Waals surface area contributed by atoms with E-state index in [-0.39, 0.29) is 23.2 Å². The van der Waals surface area contributed by atoms with Gasteiger partial charge in [-0.15, -0.1) is 0 Å². The molecule has 4 heteroatoms. The fourth-order valence-corrected chi connectivity index (χ4v) is 2.66. The highest BCUT2D eigenvalue weighted by atomic mass is 16.6. The predicted octanol–water partition coefficient (Wildman–Crippen LogP) is 5.17. The molecule has 0 fully saturated rings. The Morgan fingerprint density at radius 2 is 1.33 bits per heavy atom. The van der Waals surface area contributed by atoms with Gasteiger partial charge in [-0.2, -0.15) is 0 Å². The van der Waals surface area contributed by atoms with Gasteiger partial charge in [-0.25, -0.2) is 0 Å². The second-order valence-electron chi connectivity index (χ2n) is 6.15. The maximum Gasteiger partial charge on any atom is 0.213 e. The maximum absolute atomic E-state index is 11.3. The molecule has 0 amide bonds. The Bertz CT molecular complexity index is 279. The van der Waals surface area contributed by atoms with Crippen LogP contribution in [0.25, 0.3) is 0 Å². The van der Waals surface area contributed by atoms with Crippen molar-refractivity contribution in [1.29, 1.82) is 0 Å². The quantitative estimate of drug-likeness (QED) is 0.238. The highest BCUT2D eigenvalue weighted by Gasteiger charge is 2.19. The van der Waals surface area contributed by atoms with Crippen LogP contribution in [0.1, 0.15) is 90.9 Å². The molecule has 4 nitrogen and oxygen atoms in total. The molecule has 0 rings (SSSR count). The van der Waals surface area contributed by atoms with Gasteiger partial charge in [0.15, 0.2) is 0 Å². The van der Waals surface area contributed by atoms with E-state index in [1.165, 1.54) is 64.7 Å². The number of nitrogens with zero attached hydrogens (tertiary/aromatic N) is 1. The van der Waals surface area contributed by atoms with E-state index < -0.39 is 0 Å². The summed E-state index contributed by atoms with van der Waals surface area (Å²) >= 11 is 0. The number of carbonyl (C=O) groups is 1. The summed E-state index contributed by atoms with van der Waals surface area (Å²) in [6, 6.07) is 0. The van der Waals surface area contributed by atoms with Crippen LogP contribution >= 0.6 is 0 Å². The van der Waals surface area contributed by atoms with Crippen LogP contribution < -0.4 is 0 Å². The van der Waals surface area contributed by atoms with Crippen LogP contribution in [-0.4, -0.2) is 17.3 Å². The Balaban J connectivity index is 3.38. The molecule has 0 aliphatic rings. The highest BCUT2D eigenvalue weighted by molar-refractivity contribution is 5.78. The van der Waals surface area contributed by atoms with Gasteiger partial charge >= 0.3 is 0 Å². The van der Waals surface area contributed by atoms with Crippen molar-refractivity contribution in [2.24, 2.45) is 5.92 Å². The third-order valence-corrected chi connectivity index (χ3v) is 4.10. The van der Waals surface area contributed by atoms with E-state index in [0.717, 1.165) is 12.8 Å². The molecule has 1 unspecified atom stereocenters. The van der Waals surface area contributed by atoms with Gasteiger partial charge in [-0.3, -0.25) is 14.9 Å². The Morgan fingerprint density at radius 1 is 0.905 bits per heavy atom. The first kappa shape index (κ1) is 20.1. The molecule has 0 aliphatic heterocycles. The van der Waals surface area contributed by atoms with Crippen molar-refractivity contribution >= 4 is 5.78 Å². The Hall–Kier alpha value is -0.930. The third kappa shape index (κ3) is 13.8. The molecule has 0 aromatic carbocycles. The number of nitro groups is 1. The number of hydrogen-bond donors (Lipinski definition) is 0. The smallest absolute Gasteiger partial charge is 0.213 e. The van der Waals surface area contributed by atoms with E-state index in [1.807, 2.05) is 0 Å². The third-order valence-electron chi connectivity index (χ3n) is 4.10. The molecule has 0 aliphatic carbocycles. The Labute approximate surface area is 129 Å². The lowest BCUT2D eigenvalue weighted by Crippen LogP contribution is -2.21. The highest BCUT2D eigenvalue weighted by Crippen LogP contribution is 2.15. The monoisotopic (exact) mass is 299 g/mol. The minimum Gasteiger partial charge on any atom is -0.299 e. The summed E-state index contributed by atoms with van der Waals surface area (Å²) in [6.45, 7) is 3.50. The first-order valence-electron chi connectivity index (χ1n) is 8.70. The van der Waals surface area contributed by atoms with Crippen molar-refractivity contribution in [3.05, 3.63) is 10.1 Å². The predicted molar refractivity (Wildman–Crippen MR) is 87.1 cm³/mol. The number of Topliss-reactive ketones (excluding diaryl/α,β-unsaturated/α-hetero) is 1. The van der Waals surface area contributed by atoms with Crippen molar-refractivity contribution in [2.75, 3.05) is 6.54 Å². The second kappa shape index (κ2) is 14.0. The van der Waals surface area contributed by atoms with Crippen LogP contribution in [0.3, 0.4) is 0 Å². The van der Waals surface area contributed by atoms with Crippen molar-refractivity contribution in [2.45, 2.75) is 90.9 Å². The molecular weight excluding hydrogens is 266 g/mol. The van der Waals surface area contributed by atoms with Gasteiger partial charge in [-0.1, -0.05) is 77.6 Å². The van der Waals surface area contributed by atoms with E-state index in [9.17, 15) is 14.9 Å². The van der Waals surface area contributed by atoms with Crippen molar-refractivity contribution in [3.8, 4) is 0 Å². The SMILES string of the molecule is CCCCCCCCCCCCCC(C[N+](=O)[O-])C(C)=O. The zero-order valence-electron chi connectivity index (χ0n) is 13.9. The lowest BCUT2D eigenvalue weighted by Gasteiger charge is -2.08. The molecule has 0 spiro atoms. The molecule has 0 N–H and O–H groups in total. The second-order valence-corrected chi connectivity index (χ2v) is 6.15. The summed E-state index contributed by atoms with van der Waals surface area (Å²) in [7, 11) is 0. The lowest BCUT2D eigenvalue weighted by atomic mass is 9.97. The normalized spacial score (nSPS) is 12.3. The average Bonchev–Trinajstić information content (AvgIpc) is 2.42. The molecule has 0 saturated carbocycles. The minimum atomic E-state index is -0.376. The van der Waals surface area contributed by atoms with Crippen molar-refractivity contribution in [1.82, 2.24) is 0 Å². The molecule has 1 atom stereocenters. The van der Waals surface area contributed by atoms with E-state index in [2.05, 4.69) is 6.92 Å². The number of rotatable bonds is 15. The first-order chi connectivity index (χ1) is 10.1. The standard InChI is InChI=1S/C17H33NO3/c1-3-4-5-6-7-8-9-10-11-12-13-14-17(16(2)19)15-18(20)21/h17H,3-15H2,1-2H3. The maximum atomic E-state index is 11.3. The molecule has 0 radical (unpaired) electrons. The molecular formula is C17H33NO3. The van der Waals surface area contributed by atoms with Gasteiger partial charge in [-0.05, 0) is 13.3 Å². The molecule has 124 valence electrons. The number of carbonyl (C=O) groups excluding carboxylic acids is 1. The minimum absolute atomic E-state index is 0.0428. The van der Waals surface area contributed by atoms with Gasteiger partial charge in [0.25, 0.3) is 0 Å². The van der Waals surface area contributed by atoms with Crippen LogP contribution in [0, 0.1) is 16.0 Å². The summed E-state index contributed by atoms with van der Waals surface area (Å²) in [5.74, 6) is -0.419. The van der Waals surface area contributed by atoms with E-state index >= 15 is 0 Å². The summed E-state index contributed by atoms with van der Waals surface area (Å²) in [6.07, 6.45) is 14.6. The first-order valence-corrected chi connectivity index (χ1v) is 8.70. The summed E-state index contributed by atoms with van der Waals surface area (Å²) in [4.78, 5) is 21.4. The summed E-state index contributed by atoms with van der Waals surface area (Å²) < 4.78 is 0. The van der Waals surface area contributed by atoms with Crippen LogP contribution in [0.15, 0.2) is 0 Å². The molecule has 0 aromatic rings. The molecule has 0 bridgehead atoms. The fourth-order valence-electron chi connectivity index (χ4n) is 2.66. The van der Waals surface area contributed by atoms with Crippen molar-refractivity contribution in [3.63, 3.8) is 0 Å². The topological polar surface area (TPSA) is 60.2 Å². The van der Waals surface area contributed by atoms with Crippen LogP contribution in [0.5, 0.6) is 0 Å². The number of hydrogen-bond acceptors (Lipinski definition) is 3. The number of ketones is 1. The summed E-state index contributed by atoms with van der Waals surface area (Å²) in [5, 5.41) is 10.5. The Morgan fingerprint density at radius 3 is 1.71 bits per heavy atom. The lowest BCUT2D eigenvalue weighted by molar-refractivity contribution is -0.485. The van der Waals surface area contributed by atoms with E-state index in [0.29, 0.717) is 6.42 Å². The zero-order chi connectivity index (χ0) is 15.9. The van der Waals surface area contributed by atoms with Crippen LogP contribution in [-0.2, 0) is 4.79 Å². The Kier molecular flexibility index (Phi) is 13.4. The van der Waals surface area contributed by atoms with Crippen molar-refractivity contribution < 1.29 is 9.72 Å². The largest absolute Gasteiger partial charge is 0.299 e.